The molecular weight excluding hydrogens is 258 g/mol. The van der Waals surface area contributed by atoms with Gasteiger partial charge >= 0.3 is 0 Å². The Balaban J connectivity index is 1.83. The van der Waals surface area contributed by atoms with Gasteiger partial charge < -0.3 is 10.5 Å². The second kappa shape index (κ2) is 5.75. The number of alkyl halides is 2. The average molecular weight is 278 g/mol. The number of morpholine rings is 1. The first-order valence-corrected chi connectivity index (χ1v) is 6.88. The topological polar surface area (TPSA) is 38.5 Å². The van der Waals surface area contributed by atoms with Crippen molar-refractivity contribution in [1.82, 2.24) is 4.90 Å². The molecule has 0 aromatic carbocycles. The second-order valence-corrected chi connectivity index (χ2v) is 5.81. The number of hydrogen-bond acceptors (Lipinski definition) is 3. The van der Waals surface area contributed by atoms with Crippen LogP contribution in [0, 0.1) is 5.92 Å². The van der Waals surface area contributed by atoms with Crippen LogP contribution < -0.4 is 5.73 Å². The van der Waals surface area contributed by atoms with Gasteiger partial charge in [-0.3, -0.25) is 4.90 Å². The Morgan fingerprint density at radius 3 is 2.94 bits per heavy atom. The zero-order valence-electron chi connectivity index (χ0n) is 10.4. The van der Waals surface area contributed by atoms with Gasteiger partial charge in [-0.05, 0) is 18.8 Å². The fourth-order valence-electron chi connectivity index (χ4n) is 2.84. The smallest absolute Gasteiger partial charge is 0.248 e. The van der Waals surface area contributed by atoms with E-state index in [1.807, 2.05) is 0 Å². The lowest BCUT2D eigenvalue weighted by Crippen LogP contribution is -2.49. The molecule has 0 amide bonds. The number of halogens is 2. The third-order valence-electron chi connectivity index (χ3n) is 3.73. The first-order chi connectivity index (χ1) is 8.46. The molecule has 1 aliphatic heterocycles. The van der Waals surface area contributed by atoms with Gasteiger partial charge in [0.1, 0.15) is 11.1 Å². The number of ether oxygens (including phenoxy) is 1. The Kier molecular flexibility index (Phi) is 4.50. The van der Waals surface area contributed by atoms with Crippen molar-refractivity contribution in [2.45, 2.75) is 37.7 Å². The lowest BCUT2D eigenvalue weighted by Gasteiger charge is -2.37. The highest BCUT2D eigenvalue weighted by molar-refractivity contribution is 7.80. The molecule has 0 bridgehead atoms. The van der Waals surface area contributed by atoms with Crippen LogP contribution in [0.3, 0.4) is 0 Å². The summed E-state index contributed by atoms with van der Waals surface area (Å²) < 4.78 is 32.1. The summed E-state index contributed by atoms with van der Waals surface area (Å²) in [6.07, 6.45) is 1.35. The van der Waals surface area contributed by atoms with Crippen molar-refractivity contribution in [3.8, 4) is 0 Å². The molecule has 1 saturated carbocycles. The van der Waals surface area contributed by atoms with Gasteiger partial charge in [-0.1, -0.05) is 12.2 Å². The summed E-state index contributed by atoms with van der Waals surface area (Å²) in [5.41, 5.74) is 5.57. The van der Waals surface area contributed by atoms with Gasteiger partial charge in [0.25, 0.3) is 0 Å². The predicted molar refractivity (Wildman–Crippen MR) is 69.9 cm³/mol. The van der Waals surface area contributed by atoms with E-state index in [0.717, 1.165) is 13.0 Å². The van der Waals surface area contributed by atoms with Crippen molar-refractivity contribution < 1.29 is 13.5 Å². The third-order valence-corrected chi connectivity index (χ3v) is 3.99. The van der Waals surface area contributed by atoms with E-state index in [1.165, 1.54) is 0 Å². The summed E-state index contributed by atoms with van der Waals surface area (Å²) in [6, 6.07) is 0. The molecule has 2 aliphatic rings. The van der Waals surface area contributed by atoms with Crippen LogP contribution in [-0.2, 0) is 4.74 Å². The Morgan fingerprint density at radius 1 is 1.50 bits per heavy atom. The molecular formula is C12H20F2N2OS. The van der Waals surface area contributed by atoms with Crippen LogP contribution in [0.2, 0.25) is 0 Å². The van der Waals surface area contributed by atoms with E-state index in [2.05, 4.69) is 4.90 Å². The maximum absolute atomic E-state index is 13.3. The minimum atomic E-state index is -2.47. The van der Waals surface area contributed by atoms with Crippen LogP contribution in [0.4, 0.5) is 8.78 Å². The van der Waals surface area contributed by atoms with E-state index in [4.69, 9.17) is 22.7 Å². The lowest BCUT2D eigenvalue weighted by molar-refractivity contribution is -0.0639. The van der Waals surface area contributed by atoms with Crippen LogP contribution in [0.5, 0.6) is 0 Å². The van der Waals surface area contributed by atoms with E-state index >= 15 is 0 Å². The highest BCUT2D eigenvalue weighted by atomic mass is 32.1. The van der Waals surface area contributed by atoms with E-state index in [1.54, 1.807) is 0 Å². The first kappa shape index (κ1) is 14.1. The zero-order valence-corrected chi connectivity index (χ0v) is 11.2. The number of nitrogens with two attached hydrogens (primary N) is 1. The highest BCUT2D eigenvalue weighted by Gasteiger charge is 2.37. The molecule has 2 rings (SSSR count). The molecule has 1 aliphatic carbocycles. The van der Waals surface area contributed by atoms with E-state index < -0.39 is 5.92 Å². The molecule has 0 spiro atoms. The van der Waals surface area contributed by atoms with Crippen LogP contribution in [0.1, 0.15) is 25.7 Å². The number of nitrogens with zero attached hydrogens (tertiary/aromatic N) is 1. The molecule has 2 N–H and O–H groups in total. The number of rotatable bonds is 3. The summed E-state index contributed by atoms with van der Waals surface area (Å²) in [6.45, 7) is 2.70. The second-order valence-electron chi connectivity index (χ2n) is 5.34. The molecule has 18 heavy (non-hydrogen) atoms. The quantitative estimate of drug-likeness (QED) is 0.799. The molecule has 1 heterocycles. The molecule has 0 aromatic rings. The van der Waals surface area contributed by atoms with E-state index in [9.17, 15) is 8.78 Å². The maximum Gasteiger partial charge on any atom is 0.248 e. The summed E-state index contributed by atoms with van der Waals surface area (Å²) in [4.78, 5) is 2.51. The molecule has 6 heteroatoms. The number of hydrogen-bond donors (Lipinski definition) is 1. The minimum Gasteiger partial charge on any atom is -0.391 e. The summed E-state index contributed by atoms with van der Waals surface area (Å²) >= 11 is 4.92. The van der Waals surface area contributed by atoms with E-state index in [0.29, 0.717) is 31.1 Å². The van der Waals surface area contributed by atoms with Gasteiger partial charge in [0, 0.05) is 32.5 Å². The summed E-state index contributed by atoms with van der Waals surface area (Å²) in [5.74, 6) is -2.39. The normalized spacial score (nSPS) is 33.2. The predicted octanol–water partition coefficient (Wildman–Crippen LogP) is 1.80. The van der Waals surface area contributed by atoms with Gasteiger partial charge in [0.15, 0.2) is 0 Å². The van der Waals surface area contributed by atoms with Gasteiger partial charge in [-0.2, -0.15) is 0 Å². The van der Waals surface area contributed by atoms with Crippen LogP contribution >= 0.6 is 12.2 Å². The Morgan fingerprint density at radius 2 is 2.28 bits per heavy atom. The van der Waals surface area contributed by atoms with Gasteiger partial charge in [-0.15, -0.1) is 0 Å². The maximum atomic E-state index is 13.3. The van der Waals surface area contributed by atoms with Gasteiger partial charge in [0.05, 0.1) is 6.61 Å². The molecule has 2 fully saturated rings. The Labute approximate surface area is 112 Å². The van der Waals surface area contributed by atoms with Crippen molar-refractivity contribution in [3.63, 3.8) is 0 Å². The first-order valence-electron chi connectivity index (χ1n) is 6.47. The van der Waals surface area contributed by atoms with Gasteiger partial charge in [0.2, 0.25) is 5.92 Å². The molecule has 3 nitrogen and oxygen atoms in total. The van der Waals surface area contributed by atoms with Crippen LogP contribution in [-0.4, -0.2) is 48.2 Å². The minimum absolute atomic E-state index is 0.0160. The van der Waals surface area contributed by atoms with Crippen molar-refractivity contribution in [2.24, 2.45) is 11.7 Å². The standard InChI is InChI=1S/C12H20F2N2OS/c13-12(14)3-1-2-9(6-12)7-16-4-5-17-10(8-16)11(15)18/h9-10H,1-8H2,(H2,15,18). The number of thiocarbonyl (C=S) groups is 1. The fourth-order valence-corrected chi connectivity index (χ4v) is 2.98. The van der Waals surface area contributed by atoms with Crippen molar-refractivity contribution in [1.29, 1.82) is 0 Å². The molecule has 0 aromatic heterocycles. The van der Waals surface area contributed by atoms with E-state index in [-0.39, 0.29) is 24.9 Å². The average Bonchev–Trinajstić information content (AvgIpc) is 2.28. The van der Waals surface area contributed by atoms with Crippen molar-refractivity contribution in [3.05, 3.63) is 0 Å². The molecule has 1 saturated heterocycles. The monoisotopic (exact) mass is 278 g/mol. The van der Waals surface area contributed by atoms with Crippen molar-refractivity contribution >= 4 is 17.2 Å². The largest absolute Gasteiger partial charge is 0.391 e. The van der Waals surface area contributed by atoms with Crippen molar-refractivity contribution in [2.75, 3.05) is 26.2 Å². The SMILES string of the molecule is NC(=S)C1CN(CC2CCCC(F)(F)C2)CCO1. The lowest BCUT2D eigenvalue weighted by atomic mass is 9.86. The fraction of sp³-hybridized carbons (Fsp3) is 0.917. The Hall–Kier alpha value is -0.330. The molecule has 2 unspecified atom stereocenters. The third kappa shape index (κ3) is 3.83. The Bertz CT molecular complexity index is 314. The van der Waals surface area contributed by atoms with Crippen LogP contribution in [0.15, 0.2) is 0 Å². The molecule has 2 atom stereocenters. The zero-order chi connectivity index (χ0) is 13.2. The highest BCUT2D eigenvalue weighted by Crippen LogP contribution is 2.37. The van der Waals surface area contributed by atoms with Crippen LogP contribution in [0.25, 0.3) is 0 Å². The molecule has 0 radical (unpaired) electrons. The molecule has 104 valence electrons. The van der Waals surface area contributed by atoms with Gasteiger partial charge in [-0.25, -0.2) is 8.78 Å². The summed E-state index contributed by atoms with van der Waals surface area (Å²) in [7, 11) is 0. The summed E-state index contributed by atoms with van der Waals surface area (Å²) in [5, 5.41) is 0.